The number of carboxylic acid groups (broad SMARTS) is 1. The summed E-state index contributed by atoms with van der Waals surface area (Å²) in [5, 5.41) is 11.8. The molecule has 1 saturated carbocycles. The number of carbonyl (C=O) groups is 2. The molecule has 1 aliphatic carbocycles. The predicted octanol–water partition coefficient (Wildman–Crippen LogP) is 1.76. The topological polar surface area (TPSA) is 121 Å². The number of carbonyl (C=O) groups excluding carboxylic acids is 1. The largest absolute Gasteiger partial charge is 0.481 e. The first-order chi connectivity index (χ1) is 10.3. The van der Waals surface area contributed by atoms with Crippen molar-refractivity contribution in [1.29, 1.82) is 0 Å². The van der Waals surface area contributed by atoms with Crippen LogP contribution in [0, 0.1) is 11.8 Å². The van der Waals surface area contributed by atoms with Gasteiger partial charge in [0.1, 0.15) is 0 Å². The predicted molar refractivity (Wildman–Crippen MR) is 78.0 cm³/mol. The average molecular weight is 327 g/mol. The normalized spacial score (nSPS) is 22.0. The standard InChI is InChI=1S/C14H17NO6S/c16-13(11-3-1-2-4-12(11)14(17)18)15-9-5-7-10(8-6-9)22(19,20)21/h5-8,11-12H,1-4H2,(H,15,16)(H,17,18)(H,19,20,21). The van der Waals surface area contributed by atoms with Crippen LogP contribution in [0.1, 0.15) is 25.7 Å². The van der Waals surface area contributed by atoms with Crippen LogP contribution in [0.5, 0.6) is 0 Å². The van der Waals surface area contributed by atoms with Crippen LogP contribution in [0.3, 0.4) is 0 Å². The number of benzene rings is 1. The molecule has 8 heteroatoms. The van der Waals surface area contributed by atoms with E-state index in [9.17, 15) is 23.1 Å². The van der Waals surface area contributed by atoms with Gasteiger partial charge in [0.15, 0.2) is 0 Å². The maximum atomic E-state index is 12.2. The number of hydrogen-bond acceptors (Lipinski definition) is 4. The SMILES string of the molecule is O=C(O)C1CCCCC1C(=O)Nc1ccc(S(=O)(=O)O)cc1. The second-order valence-electron chi connectivity index (χ2n) is 5.32. The van der Waals surface area contributed by atoms with E-state index < -0.39 is 27.9 Å². The van der Waals surface area contributed by atoms with Gasteiger partial charge in [0, 0.05) is 5.69 Å². The van der Waals surface area contributed by atoms with Crippen LogP contribution in [0.2, 0.25) is 0 Å². The van der Waals surface area contributed by atoms with Crippen molar-refractivity contribution in [3.05, 3.63) is 24.3 Å². The summed E-state index contributed by atoms with van der Waals surface area (Å²) in [6.45, 7) is 0. The molecule has 0 radical (unpaired) electrons. The summed E-state index contributed by atoms with van der Waals surface area (Å²) in [7, 11) is -4.28. The van der Waals surface area contributed by atoms with Crippen LogP contribution in [0.15, 0.2) is 29.2 Å². The van der Waals surface area contributed by atoms with Gasteiger partial charge in [0.2, 0.25) is 5.91 Å². The van der Waals surface area contributed by atoms with E-state index in [4.69, 9.17) is 4.55 Å². The maximum Gasteiger partial charge on any atom is 0.307 e. The van der Waals surface area contributed by atoms with Crippen molar-refractivity contribution in [3.8, 4) is 0 Å². The van der Waals surface area contributed by atoms with Crippen LogP contribution in [0.25, 0.3) is 0 Å². The minimum absolute atomic E-state index is 0.272. The Labute approximate surface area is 128 Å². The zero-order chi connectivity index (χ0) is 16.3. The molecule has 0 saturated heterocycles. The Morgan fingerprint density at radius 3 is 2.09 bits per heavy atom. The lowest BCUT2D eigenvalue weighted by Crippen LogP contribution is -2.36. The summed E-state index contributed by atoms with van der Waals surface area (Å²) in [5.41, 5.74) is 0.354. The Hall–Kier alpha value is -1.93. The molecule has 22 heavy (non-hydrogen) atoms. The summed E-state index contributed by atoms with van der Waals surface area (Å²) in [6.07, 6.45) is 2.61. The molecule has 1 amide bonds. The first kappa shape index (κ1) is 16.4. The molecule has 120 valence electrons. The van der Waals surface area contributed by atoms with Gasteiger partial charge in [-0.05, 0) is 37.1 Å². The highest BCUT2D eigenvalue weighted by Gasteiger charge is 2.35. The number of amides is 1. The van der Waals surface area contributed by atoms with E-state index in [0.29, 0.717) is 18.5 Å². The fourth-order valence-corrected chi connectivity index (χ4v) is 3.17. The van der Waals surface area contributed by atoms with Crippen molar-refractivity contribution in [1.82, 2.24) is 0 Å². The molecule has 1 aliphatic rings. The Morgan fingerprint density at radius 2 is 1.59 bits per heavy atom. The Bertz CT molecular complexity index is 667. The molecule has 1 aromatic rings. The van der Waals surface area contributed by atoms with E-state index in [0.717, 1.165) is 12.8 Å². The Kier molecular flexibility index (Phi) is 4.82. The number of anilines is 1. The summed E-state index contributed by atoms with van der Waals surface area (Å²) in [4.78, 5) is 23.2. The molecule has 0 aromatic heterocycles. The van der Waals surface area contributed by atoms with E-state index >= 15 is 0 Å². The van der Waals surface area contributed by atoms with Crippen molar-refractivity contribution in [2.24, 2.45) is 11.8 Å². The molecule has 3 N–H and O–H groups in total. The lowest BCUT2D eigenvalue weighted by atomic mass is 9.78. The van der Waals surface area contributed by atoms with Crippen molar-refractivity contribution < 1.29 is 27.7 Å². The smallest absolute Gasteiger partial charge is 0.307 e. The number of hydrogen-bond donors (Lipinski definition) is 3. The van der Waals surface area contributed by atoms with Gasteiger partial charge in [-0.2, -0.15) is 8.42 Å². The lowest BCUT2D eigenvalue weighted by molar-refractivity contribution is -0.147. The van der Waals surface area contributed by atoms with Crippen LogP contribution in [-0.2, 0) is 19.7 Å². The zero-order valence-electron chi connectivity index (χ0n) is 11.7. The fraction of sp³-hybridized carbons (Fsp3) is 0.429. The minimum atomic E-state index is -4.28. The molecule has 2 atom stereocenters. The third-order valence-corrected chi connectivity index (χ3v) is 4.71. The van der Waals surface area contributed by atoms with Crippen molar-refractivity contribution in [2.75, 3.05) is 5.32 Å². The second kappa shape index (κ2) is 6.45. The molecule has 0 bridgehead atoms. The van der Waals surface area contributed by atoms with Gasteiger partial charge in [-0.1, -0.05) is 12.8 Å². The average Bonchev–Trinajstić information content (AvgIpc) is 2.46. The first-order valence-corrected chi connectivity index (χ1v) is 8.34. The zero-order valence-corrected chi connectivity index (χ0v) is 12.5. The number of rotatable bonds is 4. The molecule has 2 unspecified atom stereocenters. The minimum Gasteiger partial charge on any atom is -0.481 e. The van der Waals surface area contributed by atoms with Crippen LogP contribution in [-0.4, -0.2) is 30.0 Å². The fourth-order valence-electron chi connectivity index (χ4n) is 2.69. The number of carboxylic acids is 1. The van der Waals surface area contributed by atoms with Crippen LogP contribution < -0.4 is 5.32 Å². The Balaban J connectivity index is 2.09. The molecular weight excluding hydrogens is 310 g/mol. The molecule has 0 spiro atoms. The summed E-state index contributed by atoms with van der Waals surface area (Å²) in [5.74, 6) is -2.63. The highest BCUT2D eigenvalue weighted by atomic mass is 32.2. The van der Waals surface area contributed by atoms with E-state index in [-0.39, 0.29) is 10.8 Å². The summed E-state index contributed by atoms with van der Waals surface area (Å²) in [6, 6.07) is 5.03. The van der Waals surface area contributed by atoms with Crippen molar-refractivity contribution in [3.63, 3.8) is 0 Å². The molecule has 2 rings (SSSR count). The summed E-state index contributed by atoms with van der Waals surface area (Å²) < 4.78 is 30.8. The quantitative estimate of drug-likeness (QED) is 0.725. The monoisotopic (exact) mass is 327 g/mol. The highest BCUT2D eigenvalue weighted by molar-refractivity contribution is 7.85. The maximum absolute atomic E-state index is 12.2. The second-order valence-corrected chi connectivity index (χ2v) is 6.75. The van der Waals surface area contributed by atoms with Crippen molar-refractivity contribution >= 4 is 27.7 Å². The van der Waals surface area contributed by atoms with Gasteiger partial charge >= 0.3 is 5.97 Å². The molecule has 0 aliphatic heterocycles. The molecule has 1 aromatic carbocycles. The summed E-state index contributed by atoms with van der Waals surface area (Å²) >= 11 is 0. The van der Waals surface area contributed by atoms with Gasteiger partial charge in [0.05, 0.1) is 16.7 Å². The number of nitrogens with one attached hydrogen (secondary N) is 1. The molecule has 1 fully saturated rings. The first-order valence-electron chi connectivity index (χ1n) is 6.90. The van der Waals surface area contributed by atoms with Gasteiger partial charge < -0.3 is 10.4 Å². The van der Waals surface area contributed by atoms with Gasteiger partial charge in [-0.25, -0.2) is 0 Å². The molecule has 7 nitrogen and oxygen atoms in total. The van der Waals surface area contributed by atoms with E-state index in [1.807, 2.05) is 0 Å². The third-order valence-electron chi connectivity index (χ3n) is 3.84. The van der Waals surface area contributed by atoms with Gasteiger partial charge in [-0.3, -0.25) is 14.1 Å². The van der Waals surface area contributed by atoms with Gasteiger partial charge in [0.25, 0.3) is 10.1 Å². The number of aliphatic carboxylic acids is 1. The van der Waals surface area contributed by atoms with E-state index in [1.54, 1.807) is 0 Å². The van der Waals surface area contributed by atoms with Crippen molar-refractivity contribution in [2.45, 2.75) is 30.6 Å². The Morgan fingerprint density at radius 1 is 1.05 bits per heavy atom. The third kappa shape index (κ3) is 3.83. The highest BCUT2D eigenvalue weighted by Crippen LogP contribution is 2.31. The molecular formula is C14H17NO6S. The van der Waals surface area contributed by atoms with Crippen LogP contribution >= 0.6 is 0 Å². The molecule has 0 heterocycles. The van der Waals surface area contributed by atoms with E-state index in [1.165, 1.54) is 24.3 Å². The van der Waals surface area contributed by atoms with E-state index in [2.05, 4.69) is 5.32 Å². The van der Waals surface area contributed by atoms with Gasteiger partial charge in [-0.15, -0.1) is 0 Å². The lowest BCUT2D eigenvalue weighted by Gasteiger charge is -2.27. The van der Waals surface area contributed by atoms with Crippen LogP contribution in [0.4, 0.5) is 5.69 Å².